The molecule has 2 aromatic rings. The number of rotatable bonds is 3. The third-order valence-electron chi connectivity index (χ3n) is 4.82. The lowest BCUT2D eigenvalue weighted by molar-refractivity contribution is 0.205. The number of nitrogens with zero attached hydrogens (tertiary/aromatic N) is 4. The molecule has 5 heteroatoms. The van der Waals surface area contributed by atoms with Gasteiger partial charge in [0, 0.05) is 37.9 Å². The third-order valence-corrected chi connectivity index (χ3v) is 4.82. The zero-order valence-corrected chi connectivity index (χ0v) is 14.8. The summed E-state index contributed by atoms with van der Waals surface area (Å²) in [5.74, 6) is 0.953. The summed E-state index contributed by atoms with van der Waals surface area (Å²) in [6.45, 7) is 4.58. The predicted molar refractivity (Wildman–Crippen MR) is 98.1 cm³/mol. The molecular weight excluding hydrogens is 312 g/mol. The van der Waals surface area contributed by atoms with Crippen LogP contribution in [-0.4, -0.2) is 41.2 Å². The first-order chi connectivity index (χ1) is 12.1. The van der Waals surface area contributed by atoms with Crippen LogP contribution in [0.5, 0.6) is 0 Å². The number of aromatic nitrogens is 1. The number of aliphatic hydroxyl groups is 1. The normalized spacial score (nSPS) is 18.2. The molecule has 25 heavy (non-hydrogen) atoms. The number of hydrogen-bond donors (Lipinski definition) is 1. The van der Waals surface area contributed by atoms with Gasteiger partial charge in [-0.25, -0.2) is 4.98 Å². The van der Waals surface area contributed by atoms with Crippen LogP contribution in [0.25, 0.3) is 0 Å². The quantitative estimate of drug-likeness (QED) is 0.933. The van der Waals surface area contributed by atoms with Gasteiger partial charge in [-0.2, -0.15) is 5.26 Å². The van der Waals surface area contributed by atoms with E-state index in [0.717, 1.165) is 43.1 Å². The molecule has 1 aromatic heterocycles. The Kier molecular flexibility index (Phi) is 5.32. The minimum Gasteiger partial charge on any atom is -0.394 e. The second kappa shape index (κ2) is 7.64. The first-order valence-corrected chi connectivity index (χ1v) is 8.62. The van der Waals surface area contributed by atoms with Crippen LogP contribution >= 0.6 is 0 Å². The molecule has 1 aliphatic heterocycles. The summed E-state index contributed by atoms with van der Waals surface area (Å²) in [5, 5.41) is 18.9. The van der Waals surface area contributed by atoms with Crippen molar-refractivity contribution in [3.63, 3.8) is 0 Å². The largest absolute Gasteiger partial charge is 0.394 e. The number of aliphatic hydroxyl groups excluding tert-OH is 1. The Hall–Kier alpha value is -2.42. The van der Waals surface area contributed by atoms with E-state index in [-0.39, 0.29) is 12.6 Å². The predicted octanol–water partition coefficient (Wildman–Crippen LogP) is 2.46. The van der Waals surface area contributed by atoms with E-state index in [1.54, 1.807) is 0 Å². The highest BCUT2D eigenvalue weighted by Crippen LogP contribution is 2.26. The molecule has 1 aliphatic rings. The molecule has 1 N–H and O–H groups in total. The van der Waals surface area contributed by atoms with Crippen LogP contribution in [0.15, 0.2) is 36.4 Å². The summed E-state index contributed by atoms with van der Waals surface area (Å²) in [4.78, 5) is 9.18. The number of hydrogen-bond acceptors (Lipinski definition) is 5. The van der Waals surface area contributed by atoms with Crippen LogP contribution in [0.1, 0.15) is 28.8 Å². The van der Waals surface area contributed by atoms with E-state index >= 15 is 0 Å². The van der Waals surface area contributed by atoms with Crippen LogP contribution in [-0.2, 0) is 13.1 Å². The van der Waals surface area contributed by atoms with Crippen molar-refractivity contribution in [2.45, 2.75) is 32.5 Å². The van der Waals surface area contributed by atoms with Gasteiger partial charge in [-0.1, -0.05) is 18.2 Å². The van der Waals surface area contributed by atoms with Crippen molar-refractivity contribution in [3.8, 4) is 6.07 Å². The Morgan fingerprint density at radius 3 is 2.92 bits per heavy atom. The van der Waals surface area contributed by atoms with Crippen molar-refractivity contribution in [1.82, 2.24) is 9.88 Å². The van der Waals surface area contributed by atoms with Crippen LogP contribution in [0.2, 0.25) is 0 Å². The Morgan fingerprint density at radius 1 is 1.32 bits per heavy atom. The van der Waals surface area contributed by atoms with Crippen molar-refractivity contribution in [2.75, 3.05) is 25.1 Å². The molecule has 0 aliphatic carbocycles. The molecule has 0 saturated carbocycles. The Morgan fingerprint density at radius 2 is 2.16 bits per heavy atom. The monoisotopic (exact) mass is 336 g/mol. The van der Waals surface area contributed by atoms with E-state index in [9.17, 15) is 5.11 Å². The van der Waals surface area contributed by atoms with Gasteiger partial charge < -0.3 is 10.0 Å². The average molecular weight is 336 g/mol. The molecule has 0 spiro atoms. The molecule has 1 atom stereocenters. The second-order valence-electron chi connectivity index (χ2n) is 6.69. The summed E-state index contributed by atoms with van der Waals surface area (Å²) in [6, 6.07) is 14.2. The summed E-state index contributed by atoms with van der Waals surface area (Å²) in [5.41, 5.74) is 3.98. The third kappa shape index (κ3) is 3.98. The van der Waals surface area contributed by atoms with Crippen LogP contribution in [0, 0.1) is 18.3 Å². The van der Waals surface area contributed by atoms with Gasteiger partial charge in [-0.05, 0) is 37.1 Å². The van der Waals surface area contributed by atoms with Gasteiger partial charge in [0.1, 0.15) is 5.82 Å². The fraction of sp³-hybridized carbons (Fsp3) is 0.400. The number of anilines is 1. The number of pyridine rings is 1. The highest BCUT2D eigenvalue weighted by molar-refractivity contribution is 5.48. The molecule has 130 valence electrons. The molecule has 5 nitrogen and oxygen atoms in total. The number of fused-ring (bicyclic) bond motifs is 1. The number of likely N-dealkylation sites (N-methyl/N-ethyl adjacent to an activating group) is 1. The molecule has 0 radical (unpaired) electrons. The van der Waals surface area contributed by atoms with E-state index in [2.05, 4.69) is 28.0 Å². The van der Waals surface area contributed by atoms with Crippen molar-refractivity contribution >= 4 is 5.82 Å². The highest BCUT2D eigenvalue weighted by Gasteiger charge is 2.24. The minimum absolute atomic E-state index is 0.0568. The van der Waals surface area contributed by atoms with Gasteiger partial charge in [0.2, 0.25) is 0 Å². The van der Waals surface area contributed by atoms with Crippen molar-refractivity contribution in [2.24, 2.45) is 0 Å². The number of aryl methyl sites for hydroxylation is 1. The summed E-state index contributed by atoms with van der Waals surface area (Å²) >= 11 is 0. The summed E-state index contributed by atoms with van der Waals surface area (Å²) in [6.07, 6.45) is 0.875. The lowest BCUT2D eigenvalue weighted by atomic mass is 10.1. The van der Waals surface area contributed by atoms with Crippen molar-refractivity contribution in [3.05, 3.63) is 58.8 Å². The second-order valence-corrected chi connectivity index (χ2v) is 6.69. The Bertz CT molecular complexity index is 784. The first-order valence-electron chi connectivity index (χ1n) is 8.62. The maximum atomic E-state index is 9.79. The van der Waals surface area contributed by atoms with Gasteiger partial charge in [0.05, 0.1) is 24.3 Å². The van der Waals surface area contributed by atoms with Gasteiger partial charge in [-0.3, -0.25) is 4.90 Å². The molecule has 2 heterocycles. The Labute approximate surface area is 149 Å². The molecule has 0 fully saturated rings. The number of benzene rings is 1. The lowest BCUT2D eigenvalue weighted by Crippen LogP contribution is -2.41. The molecule has 1 unspecified atom stereocenters. The van der Waals surface area contributed by atoms with Crippen molar-refractivity contribution in [1.29, 1.82) is 5.26 Å². The number of nitriles is 1. The molecular formula is C20H24N4O. The van der Waals surface area contributed by atoms with Crippen LogP contribution in [0.4, 0.5) is 5.82 Å². The summed E-state index contributed by atoms with van der Waals surface area (Å²) in [7, 11) is 2.01. The molecule has 3 rings (SSSR count). The van der Waals surface area contributed by atoms with Crippen molar-refractivity contribution < 1.29 is 5.11 Å². The SMILES string of the molecule is Cc1ccc2c(n1)N(C)C(CO)CCN(Cc1cccc(C#N)c1)C2. The van der Waals surface area contributed by atoms with E-state index in [1.165, 1.54) is 5.56 Å². The smallest absolute Gasteiger partial charge is 0.133 e. The molecule has 1 aromatic carbocycles. The van der Waals surface area contributed by atoms with Crippen LogP contribution in [0.3, 0.4) is 0 Å². The molecule has 0 bridgehead atoms. The first kappa shape index (κ1) is 17.4. The zero-order chi connectivity index (χ0) is 17.8. The summed E-state index contributed by atoms with van der Waals surface area (Å²) < 4.78 is 0. The molecule has 0 amide bonds. The Balaban J connectivity index is 1.88. The zero-order valence-electron chi connectivity index (χ0n) is 14.8. The van der Waals surface area contributed by atoms with Gasteiger partial charge in [-0.15, -0.1) is 0 Å². The van der Waals surface area contributed by atoms with E-state index in [4.69, 9.17) is 10.2 Å². The van der Waals surface area contributed by atoms with Gasteiger partial charge >= 0.3 is 0 Å². The van der Waals surface area contributed by atoms with E-state index < -0.39 is 0 Å². The molecule has 0 saturated heterocycles. The van der Waals surface area contributed by atoms with Crippen LogP contribution < -0.4 is 4.90 Å². The minimum atomic E-state index is 0.0568. The highest BCUT2D eigenvalue weighted by atomic mass is 16.3. The fourth-order valence-corrected chi connectivity index (χ4v) is 3.36. The fourth-order valence-electron chi connectivity index (χ4n) is 3.36. The standard InChI is InChI=1S/C20H24N4O/c1-15-6-7-18-13-24(12-17-5-3-4-16(10-17)11-21)9-8-19(14-25)23(2)20(18)22-15/h3-7,10,19,25H,8-9,12-14H2,1-2H3. The topological polar surface area (TPSA) is 63.4 Å². The maximum absolute atomic E-state index is 9.79. The average Bonchev–Trinajstić information content (AvgIpc) is 2.62. The lowest BCUT2D eigenvalue weighted by Gasteiger charge is -2.35. The van der Waals surface area contributed by atoms with Gasteiger partial charge in [0.15, 0.2) is 0 Å². The van der Waals surface area contributed by atoms with E-state index in [0.29, 0.717) is 5.56 Å². The van der Waals surface area contributed by atoms with Gasteiger partial charge in [0.25, 0.3) is 0 Å². The maximum Gasteiger partial charge on any atom is 0.133 e. The van der Waals surface area contributed by atoms with E-state index in [1.807, 2.05) is 38.2 Å².